The van der Waals surface area contributed by atoms with Gasteiger partial charge in [-0.25, -0.2) is 4.79 Å². The number of carbonyl (C=O) groups excluding carboxylic acids is 1. The second-order valence-corrected chi connectivity index (χ2v) is 4.47. The molecule has 104 valence electrons. The lowest BCUT2D eigenvalue weighted by molar-refractivity contribution is -0.153. The van der Waals surface area contributed by atoms with Crippen molar-refractivity contribution < 1.29 is 14.3 Å². The number of hydrogen-bond acceptors (Lipinski definition) is 5. The minimum atomic E-state index is -0.630. The van der Waals surface area contributed by atoms with E-state index in [0.717, 1.165) is 5.56 Å². The first kappa shape index (κ1) is 15.1. The van der Waals surface area contributed by atoms with Crippen molar-refractivity contribution in [3.8, 4) is 5.75 Å². The first-order chi connectivity index (χ1) is 9.08. The Hall–Kier alpha value is -1.91. The summed E-state index contributed by atoms with van der Waals surface area (Å²) < 4.78 is 10.6. The molecule has 0 saturated carbocycles. The smallest absolute Gasteiger partial charge is 0.347 e. The van der Waals surface area contributed by atoms with Gasteiger partial charge in [-0.2, -0.15) is 4.91 Å². The molecule has 0 bridgehead atoms. The van der Waals surface area contributed by atoms with Crippen LogP contribution in [-0.2, 0) is 16.1 Å². The Labute approximate surface area is 112 Å². The number of rotatable bonds is 7. The molecule has 0 amide bonds. The summed E-state index contributed by atoms with van der Waals surface area (Å²) >= 11 is 0. The van der Waals surface area contributed by atoms with Crippen LogP contribution in [0.15, 0.2) is 29.4 Å². The summed E-state index contributed by atoms with van der Waals surface area (Å²) in [6, 6.07) is 6.93. The molecule has 0 unspecified atom stereocenters. The first-order valence-corrected chi connectivity index (χ1v) is 6.29. The standard InChI is InChI=1S/C14H19NO4/c1-4-18-14(16)13(10(2)3)19-12-7-5-11(6-8-12)9-15-17/h5-8,10,13H,4,9H2,1-3H3/t13-/m1/s1. The van der Waals surface area contributed by atoms with Gasteiger partial charge in [0.05, 0.1) is 6.61 Å². The molecule has 0 fully saturated rings. The van der Waals surface area contributed by atoms with Crippen molar-refractivity contribution in [2.45, 2.75) is 33.4 Å². The minimum Gasteiger partial charge on any atom is -0.478 e. The maximum atomic E-state index is 11.8. The number of esters is 1. The van der Waals surface area contributed by atoms with Gasteiger partial charge in [-0.15, -0.1) is 0 Å². The van der Waals surface area contributed by atoms with E-state index in [2.05, 4.69) is 5.18 Å². The number of carbonyl (C=O) groups is 1. The fraction of sp³-hybridized carbons (Fsp3) is 0.500. The Bertz CT molecular complexity index is 414. The van der Waals surface area contributed by atoms with Gasteiger partial charge in [0.15, 0.2) is 6.10 Å². The summed E-state index contributed by atoms with van der Waals surface area (Å²) in [6.45, 7) is 6.01. The van der Waals surface area contributed by atoms with Crippen LogP contribution in [0.5, 0.6) is 5.75 Å². The highest BCUT2D eigenvalue weighted by Crippen LogP contribution is 2.18. The molecule has 5 nitrogen and oxygen atoms in total. The molecule has 0 N–H and O–H groups in total. The molecule has 1 atom stereocenters. The summed E-state index contributed by atoms with van der Waals surface area (Å²) in [5, 5.41) is 2.81. The van der Waals surface area contributed by atoms with Crippen molar-refractivity contribution >= 4 is 5.97 Å². The predicted molar refractivity (Wildman–Crippen MR) is 71.8 cm³/mol. The molecule has 5 heteroatoms. The van der Waals surface area contributed by atoms with Gasteiger partial charge in [0.2, 0.25) is 0 Å². The highest BCUT2D eigenvalue weighted by Gasteiger charge is 2.25. The van der Waals surface area contributed by atoms with Crippen LogP contribution in [0.2, 0.25) is 0 Å². The van der Waals surface area contributed by atoms with Gasteiger partial charge in [0.1, 0.15) is 12.3 Å². The van der Waals surface area contributed by atoms with Crippen molar-refractivity contribution in [1.29, 1.82) is 0 Å². The number of ether oxygens (including phenoxy) is 2. The zero-order valence-electron chi connectivity index (χ0n) is 11.5. The van der Waals surface area contributed by atoms with Crippen molar-refractivity contribution in [1.82, 2.24) is 0 Å². The SMILES string of the molecule is CCOC(=O)[C@H](Oc1ccc(CN=O)cc1)C(C)C. The Morgan fingerprint density at radius 2 is 1.89 bits per heavy atom. The molecular weight excluding hydrogens is 246 g/mol. The summed E-state index contributed by atoms with van der Waals surface area (Å²) in [7, 11) is 0. The Kier molecular flexibility index (Phi) is 5.99. The summed E-state index contributed by atoms with van der Waals surface area (Å²) in [6.07, 6.45) is -0.630. The molecule has 1 rings (SSSR count). The van der Waals surface area contributed by atoms with Gasteiger partial charge in [-0.1, -0.05) is 31.2 Å². The zero-order valence-corrected chi connectivity index (χ0v) is 11.5. The van der Waals surface area contributed by atoms with Crippen molar-refractivity contribution in [3.05, 3.63) is 34.7 Å². The molecule has 0 heterocycles. The molecule has 0 aliphatic rings. The third-order valence-electron chi connectivity index (χ3n) is 2.56. The lowest BCUT2D eigenvalue weighted by atomic mass is 10.1. The fourth-order valence-corrected chi connectivity index (χ4v) is 1.58. The van der Waals surface area contributed by atoms with E-state index in [-0.39, 0.29) is 18.4 Å². The average Bonchev–Trinajstić information content (AvgIpc) is 2.38. The van der Waals surface area contributed by atoms with E-state index < -0.39 is 6.10 Å². The summed E-state index contributed by atoms with van der Waals surface area (Å²) in [4.78, 5) is 21.9. The molecule has 0 aromatic heterocycles. The third-order valence-corrected chi connectivity index (χ3v) is 2.56. The van der Waals surface area contributed by atoms with Crippen molar-refractivity contribution in [3.63, 3.8) is 0 Å². The van der Waals surface area contributed by atoms with Gasteiger partial charge in [0, 0.05) is 5.92 Å². The second-order valence-electron chi connectivity index (χ2n) is 4.47. The van der Waals surface area contributed by atoms with Gasteiger partial charge in [-0.05, 0) is 24.6 Å². The normalized spacial score (nSPS) is 12.0. The van der Waals surface area contributed by atoms with Gasteiger partial charge in [0.25, 0.3) is 0 Å². The van der Waals surface area contributed by atoms with Crippen LogP contribution >= 0.6 is 0 Å². The highest BCUT2D eigenvalue weighted by atomic mass is 16.6. The molecule has 1 aromatic carbocycles. The monoisotopic (exact) mass is 265 g/mol. The molecule has 0 saturated heterocycles. The Balaban J connectivity index is 2.73. The van der Waals surface area contributed by atoms with E-state index in [1.54, 1.807) is 31.2 Å². The predicted octanol–water partition coefficient (Wildman–Crippen LogP) is 2.92. The van der Waals surface area contributed by atoms with E-state index in [1.165, 1.54) is 0 Å². The number of benzene rings is 1. The van der Waals surface area contributed by atoms with E-state index in [4.69, 9.17) is 9.47 Å². The van der Waals surface area contributed by atoms with Gasteiger partial charge >= 0.3 is 5.97 Å². The number of hydrogen-bond donors (Lipinski definition) is 0. The van der Waals surface area contributed by atoms with E-state index in [1.807, 2.05) is 13.8 Å². The minimum absolute atomic E-state index is 0.00960. The molecule has 19 heavy (non-hydrogen) atoms. The maximum Gasteiger partial charge on any atom is 0.347 e. The zero-order chi connectivity index (χ0) is 14.3. The van der Waals surface area contributed by atoms with Crippen LogP contribution in [0.1, 0.15) is 26.3 Å². The molecule has 0 radical (unpaired) electrons. The summed E-state index contributed by atoms with van der Waals surface area (Å²) in [5.74, 6) is 0.216. The first-order valence-electron chi connectivity index (χ1n) is 6.29. The van der Waals surface area contributed by atoms with E-state index >= 15 is 0 Å². The topological polar surface area (TPSA) is 65.0 Å². The third kappa shape index (κ3) is 4.69. The molecule has 0 aliphatic heterocycles. The Morgan fingerprint density at radius 3 is 2.37 bits per heavy atom. The maximum absolute atomic E-state index is 11.8. The fourth-order valence-electron chi connectivity index (χ4n) is 1.58. The summed E-state index contributed by atoms with van der Waals surface area (Å²) in [5.41, 5.74) is 0.805. The van der Waals surface area contributed by atoms with Gasteiger partial charge < -0.3 is 9.47 Å². The van der Waals surface area contributed by atoms with Crippen LogP contribution in [-0.4, -0.2) is 18.7 Å². The van der Waals surface area contributed by atoms with E-state index in [9.17, 15) is 9.70 Å². The van der Waals surface area contributed by atoms with Crippen LogP contribution in [0.25, 0.3) is 0 Å². The molecule has 1 aromatic rings. The second kappa shape index (κ2) is 7.51. The molecule has 0 aliphatic carbocycles. The lowest BCUT2D eigenvalue weighted by Crippen LogP contribution is -2.34. The molecular formula is C14H19NO4. The largest absolute Gasteiger partial charge is 0.478 e. The van der Waals surface area contributed by atoms with Crippen molar-refractivity contribution in [2.75, 3.05) is 6.61 Å². The lowest BCUT2D eigenvalue weighted by Gasteiger charge is -2.20. The van der Waals surface area contributed by atoms with Crippen LogP contribution in [0, 0.1) is 10.8 Å². The number of nitroso groups, excluding NO2 is 1. The van der Waals surface area contributed by atoms with Crippen LogP contribution in [0.4, 0.5) is 0 Å². The quantitative estimate of drug-likeness (QED) is 0.561. The van der Waals surface area contributed by atoms with E-state index in [0.29, 0.717) is 12.4 Å². The van der Waals surface area contributed by atoms with Crippen LogP contribution in [0.3, 0.4) is 0 Å². The Morgan fingerprint density at radius 1 is 1.26 bits per heavy atom. The molecule has 0 spiro atoms. The van der Waals surface area contributed by atoms with Gasteiger partial charge in [-0.3, -0.25) is 0 Å². The average molecular weight is 265 g/mol. The van der Waals surface area contributed by atoms with Crippen LogP contribution < -0.4 is 4.74 Å². The van der Waals surface area contributed by atoms with Crippen molar-refractivity contribution in [2.24, 2.45) is 11.1 Å². The highest BCUT2D eigenvalue weighted by molar-refractivity contribution is 5.75. The number of nitrogens with zero attached hydrogens (tertiary/aromatic N) is 1.